The molecule has 0 saturated carbocycles. The summed E-state index contributed by atoms with van der Waals surface area (Å²) in [7, 11) is 0. The van der Waals surface area contributed by atoms with E-state index in [-0.39, 0.29) is 12.3 Å². The highest BCUT2D eigenvalue weighted by Crippen LogP contribution is 2.08. The fourth-order valence-electron chi connectivity index (χ4n) is 0.798. The van der Waals surface area contributed by atoms with Crippen LogP contribution in [0.15, 0.2) is 11.8 Å². The van der Waals surface area contributed by atoms with Gasteiger partial charge in [-0.25, -0.2) is 4.79 Å². The largest absolute Gasteiger partial charge is 0.463 e. The predicted octanol–water partition coefficient (Wildman–Crippen LogP) is -0.0467. The van der Waals surface area contributed by atoms with Crippen molar-refractivity contribution in [1.29, 1.82) is 0 Å². The Balaban J connectivity index is 2.49. The highest BCUT2D eigenvalue weighted by Gasteiger charge is 2.19. The van der Waals surface area contributed by atoms with Crippen molar-refractivity contribution in [3.05, 3.63) is 11.8 Å². The summed E-state index contributed by atoms with van der Waals surface area (Å²) in [6, 6.07) is 0. The molecule has 1 heterocycles. The van der Waals surface area contributed by atoms with Crippen LogP contribution < -0.4 is 5.32 Å². The van der Waals surface area contributed by atoms with Gasteiger partial charge < -0.3 is 10.1 Å². The van der Waals surface area contributed by atoms with Crippen molar-refractivity contribution >= 4 is 11.9 Å². The molecule has 60 valence electrons. The van der Waals surface area contributed by atoms with Crippen molar-refractivity contribution < 1.29 is 14.3 Å². The number of ether oxygens (including phenoxy) is 1. The first-order valence-corrected chi connectivity index (χ1v) is 3.39. The molecule has 1 N–H and O–H groups in total. The van der Waals surface area contributed by atoms with Crippen molar-refractivity contribution in [3.63, 3.8) is 0 Å². The van der Waals surface area contributed by atoms with Crippen LogP contribution in [-0.2, 0) is 14.3 Å². The molecular formula is C7H9NO3. The Bertz CT molecular complexity index is 220. The van der Waals surface area contributed by atoms with E-state index in [1.807, 2.05) is 0 Å². The van der Waals surface area contributed by atoms with Crippen LogP contribution in [0.4, 0.5) is 0 Å². The van der Waals surface area contributed by atoms with Gasteiger partial charge in [-0.15, -0.1) is 0 Å². The van der Waals surface area contributed by atoms with Crippen molar-refractivity contribution in [2.75, 3.05) is 6.61 Å². The lowest BCUT2D eigenvalue weighted by atomic mass is 10.2. The molecule has 0 bridgehead atoms. The fraction of sp³-hybridized carbons (Fsp3) is 0.429. The first-order valence-electron chi connectivity index (χ1n) is 3.39. The van der Waals surface area contributed by atoms with Crippen LogP contribution in [0.1, 0.15) is 13.3 Å². The first kappa shape index (κ1) is 7.78. The number of carbonyl (C=O) groups is 2. The minimum Gasteiger partial charge on any atom is -0.463 e. The van der Waals surface area contributed by atoms with Crippen LogP contribution in [0, 0.1) is 0 Å². The summed E-state index contributed by atoms with van der Waals surface area (Å²) < 4.78 is 4.67. The zero-order valence-electron chi connectivity index (χ0n) is 6.22. The van der Waals surface area contributed by atoms with Gasteiger partial charge >= 0.3 is 5.97 Å². The summed E-state index contributed by atoms with van der Waals surface area (Å²) in [5.41, 5.74) is 0.400. The molecule has 11 heavy (non-hydrogen) atoms. The average Bonchev–Trinajstić information content (AvgIpc) is 2.36. The molecule has 1 amide bonds. The van der Waals surface area contributed by atoms with Gasteiger partial charge in [0, 0.05) is 6.20 Å². The molecule has 0 saturated heterocycles. The number of amides is 1. The van der Waals surface area contributed by atoms with E-state index in [9.17, 15) is 9.59 Å². The summed E-state index contributed by atoms with van der Waals surface area (Å²) in [5.74, 6) is -0.570. The van der Waals surface area contributed by atoms with Gasteiger partial charge in [-0.2, -0.15) is 0 Å². The van der Waals surface area contributed by atoms with E-state index in [0.29, 0.717) is 12.2 Å². The minimum absolute atomic E-state index is 0.138. The third kappa shape index (κ3) is 1.80. The summed E-state index contributed by atoms with van der Waals surface area (Å²) in [5, 5.41) is 2.41. The van der Waals surface area contributed by atoms with Gasteiger partial charge in [-0.05, 0) is 6.92 Å². The van der Waals surface area contributed by atoms with Gasteiger partial charge in [0.2, 0.25) is 5.91 Å². The number of esters is 1. The molecule has 0 radical (unpaired) electrons. The molecule has 0 aromatic carbocycles. The van der Waals surface area contributed by atoms with Crippen molar-refractivity contribution in [2.24, 2.45) is 0 Å². The van der Waals surface area contributed by atoms with Gasteiger partial charge in [0.1, 0.15) is 0 Å². The predicted molar refractivity (Wildman–Crippen MR) is 37.5 cm³/mol. The highest BCUT2D eigenvalue weighted by molar-refractivity contribution is 5.98. The Morgan fingerprint density at radius 3 is 3.00 bits per heavy atom. The Kier molecular flexibility index (Phi) is 2.25. The molecule has 1 rings (SSSR count). The van der Waals surface area contributed by atoms with Crippen LogP contribution >= 0.6 is 0 Å². The molecule has 0 fully saturated rings. The lowest BCUT2D eigenvalue weighted by molar-refractivity contribution is -0.139. The quantitative estimate of drug-likeness (QED) is 0.569. The third-order valence-corrected chi connectivity index (χ3v) is 1.30. The maximum absolute atomic E-state index is 10.9. The van der Waals surface area contributed by atoms with Crippen LogP contribution in [0.25, 0.3) is 0 Å². The maximum atomic E-state index is 10.9. The standard InChI is InChI=1S/C7H9NO3/c1-2-11-7(10)5-3-6(9)8-4-5/h4H,2-3H2,1H3,(H,8,9). The van der Waals surface area contributed by atoms with Gasteiger partial charge in [0.05, 0.1) is 18.6 Å². The zero-order chi connectivity index (χ0) is 8.27. The summed E-state index contributed by atoms with van der Waals surface area (Å²) in [4.78, 5) is 21.5. The van der Waals surface area contributed by atoms with E-state index in [0.717, 1.165) is 0 Å². The number of hydrogen-bond donors (Lipinski definition) is 1. The van der Waals surface area contributed by atoms with Crippen LogP contribution in [0.3, 0.4) is 0 Å². The molecule has 0 aromatic heterocycles. The smallest absolute Gasteiger partial charge is 0.336 e. The second-order valence-corrected chi connectivity index (χ2v) is 2.13. The second kappa shape index (κ2) is 3.18. The lowest BCUT2D eigenvalue weighted by Crippen LogP contribution is -2.09. The summed E-state index contributed by atoms with van der Waals surface area (Å²) in [6.07, 6.45) is 1.53. The number of hydrogen-bond acceptors (Lipinski definition) is 3. The first-order chi connectivity index (χ1) is 5.24. The monoisotopic (exact) mass is 155 g/mol. The number of nitrogens with one attached hydrogen (secondary N) is 1. The van der Waals surface area contributed by atoms with E-state index in [2.05, 4.69) is 10.1 Å². The molecule has 4 heteroatoms. The van der Waals surface area contributed by atoms with Crippen molar-refractivity contribution in [3.8, 4) is 0 Å². The Labute approximate surface area is 64.2 Å². The second-order valence-electron chi connectivity index (χ2n) is 2.13. The van der Waals surface area contributed by atoms with Crippen LogP contribution in [0.5, 0.6) is 0 Å². The van der Waals surface area contributed by atoms with Gasteiger partial charge in [-0.1, -0.05) is 0 Å². The van der Waals surface area contributed by atoms with E-state index in [1.54, 1.807) is 6.92 Å². The Hall–Kier alpha value is -1.32. The van der Waals surface area contributed by atoms with Crippen molar-refractivity contribution in [1.82, 2.24) is 5.32 Å². The minimum atomic E-state index is -0.411. The van der Waals surface area contributed by atoms with Crippen molar-refractivity contribution in [2.45, 2.75) is 13.3 Å². The van der Waals surface area contributed by atoms with Gasteiger partial charge in [0.15, 0.2) is 0 Å². The molecule has 0 aromatic rings. The summed E-state index contributed by atoms with van der Waals surface area (Å²) in [6.45, 7) is 2.06. The van der Waals surface area contributed by atoms with Gasteiger partial charge in [-0.3, -0.25) is 4.79 Å². The Morgan fingerprint density at radius 1 is 1.82 bits per heavy atom. The fourth-order valence-corrected chi connectivity index (χ4v) is 0.798. The molecule has 0 unspecified atom stereocenters. The third-order valence-electron chi connectivity index (χ3n) is 1.30. The Morgan fingerprint density at radius 2 is 2.55 bits per heavy atom. The van der Waals surface area contributed by atoms with E-state index in [1.165, 1.54) is 6.20 Å². The SMILES string of the molecule is CCOC(=O)C1=CNC(=O)C1. The topological polar surface area (TPSA) is 55.4 Å². The average molecular weight is 155 g/mol. The highest BCUT2D eigenvalue weighted by atomic mass is 16.5. The lowest BCUT2D eigenvalue weighted by Gasteiger charge is -1.98. The molecule has 0 aliphatic carbocycles. The van der Waals surface area contributed by atoms with E-state index >= 15 is 0 Å². The van der Waals surface area contributed by atoms with E-state index < -0.39 is 5.97 Å². The zero-order valence-corrected chi connectivity index (χ0v) is 6.22. The number of rotatable bonds is 2. The molecule has 4 nitrogen and oxygen atoms in total. The molecule has 1 aliphatic heterocycles. The molecule has 0 spiro atoms. The normalized spacial score (nSPS) is 15.7. The number of carbonyl (C=O) groups excluding carboxylic acids is 2. The van der Waals surface area contributed by atoms with Crippen LogP contribution in [0.2, 0.25) is 0 Å². The van der Waals surface area contributed by atoms with E-state index in [4.69, 9.17) is 0 Å². The van der Waals surface area contributed by atoms with Gasteiger partial charge in [0.25, 0.3) is 0 Å². The maximum Gasteiger partial charge on any atom is 0.336 e. The molecule has 0 atom stereocenters. The molecule has 1 aliphatic rings. The van der Waals surface area contributed by atoms with Crippen LogP contribution in [-0.4, -0.2) is 18.5 Å². The summed E-state index contributed by atoms with van der Waals surface area (Å²) >= 11 is 0. The molecular weight excluding hydrogens is 146 g/mol.